The Labute approximate surface area is 141 Å². The van der Waals surface area contributed by atoms with Crippen LogP contribution in [0.3, 0.4) is 0 Å². The van der Waals surface area contributed by atoms with Crippen LogP contribution in [0.1, 0.15) is 11.3 Å². The molecule has 1 aliphatic heterocycles. The molecule has 2 aromatic rings. The van der Waals surface area contributed by atoms with Gasteiger partial charge in [0.05, 0.1) is 0 Å². The predicted octanol–water partition coefficient (Wildman–Crippen LogP) is 1.46. The number of hydrogen-bond acceptors (Lipinski definition) is 6. The van der Waals surface area contributed by atoms with Crippen molar-refractivity contribution in [1.82, 2.24) is 14.2 Å². The van der Waals surface area contributed by atoms with E-state index in [-0.39, 0.29) is 16.7 Å². The lowest BCUT2D eigenvalue weighted by Gasteiger charge is -2.30. The number of nitriles is 1. The summed E-state index contributed by atoms with van der Waals surface area (Å²) in [5.74, 6) is 0.138. The Bertz CT molecular complexity index is 873. The fourth-order valence-electron chi connectivity index (χ4n) is 2.52. The van der Waals surface area contributed by atoms with Gasteiger partial charge >= 0.3 is 0 Å². The van der Waals surface area contributed by atoms with Crippen molar-refractivity contribution in [2.45, 2.75) is 12.0 Å². The van der Waals surface area contributed by atoms with Crippen molar-refractivity contribution >= 4 is 10.0 Å². The number of sulfonamides is 1. The average Bonchev–Trinajstić information content (AvgIpc) is 3.01. The van der Waals surface area contributed by atoms with E-state index >= 15 is 0 Å². The van der Waals surface area contributed by atoms with Gasteiger partial charge in [-0.25, -0.2) is 8.42 Å². The van der Waals surface area contributed by atoms with Crippen molar-refractivity contribution in [3.05, 3.63) is 35.5 Å². The third-order valence-electron chi connectivity index (χ3n) is 4.04. The normalized spacial score (nSPS) is 16.9. The number of oxazole rings is 1. The van der Waals surface area contributed by atoms with Crippen LogP contribution >= 0.6 is 0 Å². The molecule has 0 N–H and O–H groups in total. The molecule has 1 aromatic heterocycles. The summed E-state index contributed by atoms with van der Waals surface area (Å²) in [5.41, 5.74) is 1.50. The van der Waals surface area contributed by atoms with E-state index in [9.17, 15) is 13.7 Å². The van der Waals surface area contributed by atoms with Crippen LogP contribution < -0.4 is 0 Å². The smallest absolute Gasteiger partial charge is 0.279 e. The first-order chi connectivity index (χ1) is 11.4. The van der Waals surface area contributed by atoms with Gasteiger partial charge in [0, 0.05) is 31.7 Å². The van der Waals surface area contributed by atoms with E-state index in [0.717, 1.165) is 5.56 Å². The van der Waals surface area contributed by atoms with Crippen LogP contribution in [-0.2, 0) is 10.0 Å². The Kier molecular flexibility index (Phi) is 4.41. The Hall–Kier alpha value is -2.21. The zero-order valence-electron chi connectivity index (χ0n) is 13.6. The van der Waals surface area contributed by atoms with Crippen LogP contribution in [0.15, 0.2) is 33.8 Å². The number of hydrogen-bond donors (Lipinski definition) is 0. The van der Waals surface area contributed by atoms with Gasteiger partial charge in [-0.15, -0.1) is 0 Å². The molecule has 0 atom stereocenters. The minimum absolute atomic E-state index is 0.138. The number of rotatable bonds is 3. The lowest BCUT2D eigenvalue weighted by Crippen LogP contribution is -2.47. The number of benzene rings is 1. The first-order valence-electron chi connectivity index (χ1n) is 7.58. The lowest BCUT2D eigenvalue weighted by molar-refractivity contribution is 0.219. The molecule has 0 radical (unpaired) electrons. The molecule has 2 heterocycles. The van der Waals surface area contributed by atoms with Crippen molar-refractivity contribution in [3.8, 4) is 17.5 Å². The number of aromatic nitrogens is 1. The molecule has 1 aliphatic rings. The van der Waals surface area contributed by atoms with Crippen LogP contribution in [-0.4, -0.2) is 55.8 Å². The van der Waals surface area contributed by atoms with Gasteiger partial charge in [-0.3, -0.25) is 0 Å². The van der Waals surface area contributed by atoms with Gasteiger partial charge < -0.3 is 9.32 Å². The van der Waals surface area contributed by atoms with Crippen molar-refractivity contribution in [2.24, 2.45) is 0 Å². The van der Waals surface area contributed by atoms with E-state index in [1.165, 1.54) is 4.31 Å². The van der Waals surface area contributed by atoms with Crippen LogP contribution in [0.2, 0.25) is 0 Å². The van der Waals surface area contributed by atoms with Crippen LogP contribution in [0, 0.1) is 18.3 Å². The van der Waals surface area contributed by atoms with E-state index in [1.54, 1.807) is 12.1 Å². The molecule has 8 heteroatoms. The molecule has 7 nitrogen and oxygen atoms in total. The highest BCUT2D eigenvalue weighted by molar-refractivity contribution is 7.89. The van der Waals surface area contributed by atoms with Gasteiger partial charge in [-0.1, -0.05) is 17.7 Å². The number of piperazine rings is 1. The first kappa shape index (κ1) is 16.6. The van der Waals surface area contributed by atoms with E-state index in [2.05, 4.69) is 9.88 Å². The number of likely N-dealkylation sites (N-methyl/N-ethyl adjacent to an activating group) is 1. The summed E-state index contributed by atoms with van der Waals surface area (Å²) in [6.07, 6.45) is 0. The quantitative estimate of drug-likeness (QED) is 0.836. The van der Waals surface area contributed by atoms with Gasteiger partial charge in [0.15, 0.2) is 5.69 Å². The third kappa shape index (κ3) is 3.06. The van der Waals surface area contributed by atoms with Crippen molar-refractivity contribution < 1.29 is 12.8 Å². The standard InChI is InChI=1S/C16H18N4O3S/c1-12-3-5-13(6-4-12)15-18-14(11-17)16(23-15)24(21,22)20-9-7-19(2)8-10-20/h3-6H,7-10H2,1-2H3. The molecule has 24 heavy (non-hydrogen) atoms. The minimum atomic E-state index is -3.87. The largest absolute Gasteiger partial charge is 0.422 e. The highest BCUT2D eigenvalue weighted by atomic mass is 32.2. The molecule has 0 spiro atoms. The van der Waals surface area contributed by atoms with E-state index in [0.29, 0.717) is 31.7 Å². The van der Waals surface area contributed by atoms with Crippen LogP contribution in [0.5, 0.6) is 0 Å². The summed E-state index contributed by atoms with van der Waals surface area (Å²) in [5, 5.41) is 8.89. The summed E-state index contributed by atoms with van der Waals surface area (Å²) in [7, 11) is -1.93. The van der Waals surface area contributed by atoms with Crippen molar-refractivity contribution in [1.29, 1.82) is 5.26 Å². The molecule has 126 valence electrons. The second-order valence-corrected chi connectivity index (χ2v) is 7.68. The molecule has 0 amide bonds. The third-order valence-corrected chi connectivity index (χ3v) is 5.83. The van der Waals surface area contributed by atoms with Gasteiger partial charge in [-0.2, -0.15) is 14.6 Å². The summed E-state index contributed by atoms with van der Waals surface area (Å²) < 4.78 is 32.4. The molecule has 1 saturated heterocycles. The van der Waals surface area contributed by atoms with E-state index < -0.39 is 10.0 Å². The molecule has 0 saturated carbocycles. The Morgan fingerprint density at radius 1 is 1.17 bits per heavy atom. The lowest BCUT2D eigenvalue weighted by atomic mass is 10.1. The summed E-state index contributed by atoms with van der Waals surface area (Å²) >= 11 is 0. The number of nitrogens with zero attached hydrogens (tertiary/aromatic N) is 4. The van der Waals surface area contributed by atoms with Crippen LogP contribution in [0.25, 0.3) is 11.5 Å². The maximum absolute atomic E-state index is 12.8. The molecule has 1 fully saturated rings. The highest BCUT2D eigenvalue weighted by Crippen LogP contribution is 2.27. The average molecular weight is 346 g/mol. The monoisotopic (exact) mass is 346 g/mol. The molecule has 0 aliphatic carbocycles. The predicted molar refractivity (Wildman–Crippen MR) is 87.6 cm³/mol. The van der Waals surface area contributed by atoms with E-state index in [1.807, 2.05) is 32.2 Å². The fourth-order valence-corrected chi connectivity index (χ4v) is 3.92. The van der Waals surface area contributed by atoms with Gasteiger partial charge in [-0.05, 0) is 26.1 Å². The van der Waals surface area contributed by atoms with Crippen molar-refractivity contribution in [3.63, 3.8) is 0 Å². The SMILES string of the molecule is Cc1ccc(-c2nc(C#N)c(S(=O)(=O)N3CCN(C)CC3)o2)cc1. The summed E-state index contributed by atoms with van der Waals surface area (Å²) in [6.45, 7) is 3.96. The topological polar surface area (TPSA) is 90.4 Å². The zero-order valence-corrected chi connectivity index (χ0v) is 14.4. The fraction of sp³-hybridized carbons (Fsp3) is 0.375. The molecule has 0 unspecified atom stereocenters. The molecule has 0 bridgehead atoms. The van der Waals surface area contributed by atoms with Crippen molar-refractivity contribution in [2.75, 3.05) is 33.2 Å². The zero-order chi connectivity index (χ0) is 17.3. The Morgan fingerprint density at radius 2 is 1.79 bits per heavy atom. The molecule has 3 rings (SSSR count). The van der Waals surface area contributed by atoms with E-state index in [4.69, 9.17) is 4.42 Å². The molecule has 1 aromatic carbocycles. The second-order valence-electron chi connectivity index (χ2n) is 5.84. The molecular formula is C16H18N4O3S. The molecular weight excluding hydrogens is 328 g/mol. The maximum Gasteiger partial charge on any atom is 0.279 e. The van der Waals surface area contributed by atoms with Gasteiger partial charge in [0.1, 0.15) is 6.07 Å². The van der Waals surface area contributed by atoms with Crippen LogP contribution in [0.4, 0.5) is 0 Å². The van der Waals surface area contributed by atoms with Gasteiger partial charge in [0.2, 0.25) is 5.89 Å². The summed E-state index contributed by atoms with van der Waals surface area (Å²) in [4.78, 5) is 6.11. The minimum Gasteiger partial charge on any atom is -0.422 e. The Morgan fingerprint density at radius 3 is 2.38 bits per heavy atom. The first-order valence-corrected chi connectivity index (χ1v) is 9.02. The highest BCUT2D eigenvalue weighted by Gasteiger charge is 2.34. The maximum atomic E-state index is 12.8. The summed E-state index contributed by atoms with van der Waals surface area (Å²) in [6, 6.07) is 9.15. The Balaban J connectivity index is 1.98. The van der Waals surface area contributed by atoms with Gasteiger partial charge in [0.25, 0.3) is 15.1 Å². The number of aryl methyl sites for hydroxylation is 1. The second kappa shape index (κ2) is 6.36.